The number of nitrogen functional groups attached to an aromatic ring is 1. The fourth-order valence-electron chi connectivity index (χ4n) is 3.05. The van der Waals surface area contributed by atoms with Crippen LogP contribution in [-0.2, 0) is 24.5 Å². The molecule has 33 heavy (non-hydrogen) atoms. The first-order valence-electron chi connectivity index (χ1n) is 9.51. The van der Waals surface area contributed by atoms with Crippen molar-refractivity contribution in [1.82, 2.24) is 9.13 Å². The average Bonchev–Trinajstić information content (AvgIpc) is 2.79. The lowest BCUT2D eigenvalue weighted by atomic mass is 10.1. The molecule has 3 rings (SSSR count). The van der Waals surface area contributed by atoms with Gasteiger partial charge in [0.05, 0.1) is 17.7 Å². The summed E-state index contributed by atoms with van der Waals surface area (Å²) in [7, 11) is 1.18. The van der Waals surface area contributed by atoms with E-state index in [0.29, 0.717) is 22.3 Å². The lowest BCUT2D eigenvalue weighted by Crippen LogP contribution is -2.43. The molecule has 0 aliphatic carbocycles. The SMILES string of the molecule is Cn1c(=O)c(C(=O)COC(=O)c2ccc(C(F)(F)F)cc2)c(N)n(Cc2ccccc2)c1=O. The standard InChI is InChI=1S/C22H18F3N3O5/c1-27-19(30)17(18(26)28(21(27)32)11-13-5-3-2-4-6-13)16(29)12-33-20(31)14-7-9-15(10-8-14)22(23,24)25/h2-10H,11-12,26H2,1H3. The van der Waals surface area contributed by atoms with E-state index in [4.69, 9.17) is 10.5 Å². The molecule has 11 heteroatoms. The molecule has 0 aliphatic heterocycles. The van der Waals surface area contributed by atoms with E-state index in [1.165, 1.54) is 7.05 Å². The van der Waals surface area contributed by atoms with Gasteiger partial charge < -0.3 is 10.5 Å². The third-order valence-electron chi connectivity index (χ3n) is 4.83. The van der Waals surface area contributed by atoms with Crippen LogP contribution in [0.5, 0.6) is 0 Å². The predicted octanol–water partition coefficient (Wildman–Crippen LogP) is 2.24. The van der Waals surface area contributed by atoms with Crippen LogP contribution < -0.4 is 17.0 Å². The summed E-state index contributed by atoms with van der Waals surface area (Å²) >= 11 is 0. The van der Waals surface area contributed by atoms with Gasteiger partial charge in [-0.15, -0.1) is 0 Å². The van der Waals surface area contributed by atoms with Crippen LogP contribution in [0.15, 0.2) is 64.2 Å². The molecule has 1 aromatic heterocycles. The maximum absolute atomic E-state index is 12.6. The minimum atomic E-state index is -4.57. The molecule has 0 unspecified atom stereocenters. The highest BCUT2D eigenvalue weighted by molar-refractivity contribution is 6.02. The lowest BCUT2D eigenvalue weighted by molar-refractivity contribution is -0.137. The molecule has 2 aromatic carbocycles. The average molecular weight is 461 g/mol. The molecule has 2 N–H and O–H groups in total. The van der Waals surface area contributed by atoms with Crippen LogP contribution in [0.3, 0.4) is 0 Å². The van der Waals surface area contributed by atoms with Gasteiger partial charge in [0.2, 0.25) is 5.78 Å². The van der Waals surface area contributed by atoms with Gasteiger partial charge in [0, 0.05) is 7.05 Å². The number of hydrogen-bond acceptors (Lipinski definition) is 6. The third-order valence-corrected chi connectivity index (χ3v) is 4.83. The van der Waals surface area contributed by atoms with Gasteiger partial charge in [-0.2, -0.15) is 13.2 Å². The van der Waals surface area contributed by atoms with Crippen LogP contribution in [0, 0.1) is 0 Å². The first kappa shape index (κ1) is 23.5. The van der Waals surface area contributed by atoms with Crippen LogP contribution in [0.1, 0.15) is 31.8 Å². The zero-order valence-corrected chi connectivity index (χ0v) is 17.3. The quantitative estimate of drug-likeness (QED) is 0.445. The normalized spacial score (nSPS) is 11.3. The zero-order valence-electron chi connectivity index (χ0n) is 17.3. The number of ketones is 1. The number of alkyl halides is 3. The van der Waals surface area contributed by atoms with E-state index < -0.39 is 46.9 Å². The monoisotopic (exact) mass is 461 g/mol. The molecule has 0 radical (unpaired) electrons. The number of carbonyl (C=O) groups excluding carboxylic acids is 2. The van der Waals surface area contributed by atoms with Gasteiger partial charge in [0.15, 0.2) is 6.61 Å². The number of ether oxygens (including phenoxy) is 1. The molecule has 3 aromatic rings. The Morgan fingerprint density at radius 2 is 1.61 bits per heavy atom. The summed E-state index contributed by atoms with van der Waals surface area (Å²) in [5, 5.41) is 0. The van der Waals surface area contributed by atoms with Crippen molar-refractivity contribution < 1.29 is 27.5 Å². The number of hydrogen-bond donors (Lipinski definition) is 1. The summed E-state index contributed by atoms with van der Waals surface area (Å²) in [6.07, 6.45) is -4.57. The van der Waals surface area contributed by atoms with Gasteiger partial charge in [0.25, 0.3) is 5.56 Å². The number of nitrogens with zero attached hydrogens (tertiary/aromatic N) is 2. The number of rotatable bonds is 6. The summed E-state index contributed by atoms with van der Waals surface area (Å²) in [4.78, 5) is 49.8. The molecule has 8 nitrogen and oxygen atoms in total. The van der Waals surface area contributed by atoms with Crippen molar-refractivity contribution in [2.75, 3.05) is 12.3 Å². The van der Waals surface area contributed by atoms with Crippen LogP contribution in [0.4, 0.5) is 19.0 Å². The van der Waals surface area contributed by atoms with Crippen LogP contribution >= 0.6 is 0 Å². The van der Waals surface area contributed by atoms with Crippen LogP contribution in [0.2, 0.25) is 0 Å². The fraction of sp³-hybridized carbons (Fsp3) is 0.182. The van der Waals surface area contributed by atoms with Gasteiger partial charge in [-0.3, -0.25) is 18.7 Å². The first-order chi connectivity index (χ1) is 15.5. The minimum Gasteiger partial charge on any atom is -0.454 e. The van der Waals surface area contributed by atoms with Crippen molar-refractivity contribution in [2.24, 2.45) is 7.05 Å². The first-order valence-corrected chi connectivity index (χ1v) is 9.51. The van der Waals surface area contributed by atoms with Crippen LogP contribution in [0.25, 0.3) is 0 Å². The summed E-state index contributed by atoms with van der Waals surface area (Å²) in [5.74, 6) is -2.41. The fourth-order valence-corrected chi connectivity index (χ4v) is 3.05. The second-order valence-electron chi connectivity index (χ2n) is 7.05. The predicted molar refractivity (Wildman–Crippen MR) is 112 cm³/mol. The van der Waals surface area contributed by atoms with Crippen molar-refractivity contribution in [2.45, 2.75) is 12.7 Å². The second kappa shape index (κ2) is 9.15. The lowest BCUT2D eigenvalue weighted by Gasteiger charge is -2.15. The molecule has 0 bridgehead atoms. The molecule has 0 saturated carbocycles. The molecule has 0 saturated heterocycles. The molecule has 0 spiro atoms. The van der Waals surface area contributed by atoms with Gasteiger partial charge >= 0.3 is 17.8 Å². The Kier molecular flexibility index (Phi) is 6.52. The third kappa shape index (κ3) is 5.03. The highest BCUT2D eigenvalue weighted by Crippen LogP contribution is 2.29. The van der Waals surface area contributed by atoms with E-state index in [9.17, 15) is 32.3 Å². The largest absolute Gasteiger partial charge is 0.454 e. The van der Waals surface area contributed by atoms with Crippen molar-refractivity contribution in [3.63, 3.8) is 0 Å². The Bertz CT molecular complexity index is 1310. The minimum absolute atomic E-state index is 0.00868. The Balaban J connectivity index is 1.83. The molecular formula is C22H18F3N3O5. The smallest absolute Gasteiger partial charge is 0.416 e. The highest BCUT2D eigenvalue weighted by Gasteiger charge is 2.30. The number of halogens is 3. The number of anilines is 1. The molecule has 0 amide bonds. The van der Waals surface area contributed by atoms with Gasteiger partial charge in [-0.25, -0.2) is 9.59 Å². The number of aromatic nitrogens is 2. The molecule has 172 valence electrons. The zero-order chi connectivity index (χ0) is 24.3. The van der Waals surface area contributed by atoms with Crippen molar-refractivity contribution in [1.29, 1.82) is 0 Å². The Hall–Kier alpha value is -4.15. The van der Waals surface area contributed by atoms with Gasteiger partial charge in [0.1, 0.15) is 11.4 Å². The van der Waals surface area contributed by atoms with Crippen LogP contribution in [-0.4, -0.2) is 27.5 Å². The second-order valence-corrected chi connectivity index (χ2v) is 7.05. The summed E-state index contributed by atoms with van der Waals surface area (Å²) in [6.45, 7) is -0.909. The molecule has 0 aliphatic rings. The van der Waals surface area contributed by atoms with Gasteiger partial charge in [-0.1, -0.05) is 30.3 Å². The van der Waals surface area contributed by atoms with Crippen molar-refractivity contribution >= 4 is 17.6 Å². The molecule has 1 heterocycles. The van der Waals surface area contributed by atoms with E-state index >= 15 is 0 Å². The number of benzene rings is 2. The number of esters is 1. The summed E-state index contributed by atoms with van der Waals surface area (Å²) < 4.78 is 44.5. The Morgan fingerprint density at radius 3 is 2.18 bits per heavy atom. The Morgan fingerprint density at radius 1 is 1.00 bits per heavy atom. The van der Waals surface area contributed by atoms with Crippen molar-refractivity contribution in [3.05, 3.63) is 97.7 Å². The Labute approximate surface area is 184 Å². The number of carbonyl (C=O) groups is 2. The summed E-state index contributed by atoms with van der Waals surface area (Å²) in [6, 6.07) is 11.9. The van der Waals surface area contributed by atoms with E-state index in [1.807, 2.05) is 0 Å². The molecule has 0 atom stereocenters. The van der Waals surface area contributed by atoms with E-state index in [1.54, 1.807) is 30.3 Å². The van der Waals surface area contributed by atoms with E-state index in [-0.39, 0.29) is 17.9 Å². The van der Waals surface area contributed by atoms with E-state index in [0.717, 1.165) is 16.7 Å². The molecule has 0 fully saturated rings. The maximum Gasteiger partial charge on any atom is 0.416 e. The van der Waals surface area contributed by atoms with Crippen molar-refractivity contribution in [3.8, 4) is 0 Å². The molecular weight excluding hydrogens is 443 g/mol. The van der Waals surface area contributed by atoms with E-state index in [2.05, 4.69) is 0 Å². The topological polar surface area (TPSA) is 113 Å². The maximum atomic E-state index is 12.6. The highest BCUT2D eigenvalue weighted by atomic mass is 19.4. The summed E-state index contributed by atoms with van der Waals surface area (Å²) in [5.41, 5.74) is 3.25. The number of Topliss-reactive ketones (excluding diaryl/α,β-unsaturated/α-hetero) is 1. The number of nitrogens with two attached hydrogens (primary N) is 1. The van der Waals surface area contributed by atoms with Gasteiger partial charge in [-0.05, 0) is 29.8 Å².